The summed E-state index contributed by atoms with van der Waals surface area (Å²) in [6, 6.07) is 8.18. The van der Waals surface area contributed by atoms with Crippen LogP contribution >= 0.6 is 0 Å². The van der Waals surface area contributed by atoms with Gasteiger partial charge in [-0.15, -0.1) is 0 Å². The number of ether oxygens (including phenoxy) is 1. The first-order chi connectivity index (χ1) is 11.3. The first kappa shape index (κ1) is 18.0. The molecule has 1 aliphatic carbocycles. The molecule has 0 aromatic heterocycles. The SMILES string of the molecule is CCC1=C(Oc2ccc(C(C)(C)C)cc2)CC=CC([N+](=O)OC)=C1. The van der Waals surface area contributed by atoms with Gasteiger partial charge in [0.15, 0.2) is 7.11 Å². The number of hydrogen-bond acceptors (Lipinski definition) is 3. The highest BCUT2D eigenvalue weighted by Gasteiger charge is 2.20. The van der Waals surface area contributed by atoms with E-state index in [2.05, 4.69) is 32.9 Å². The van der Waals surface area contributed by atoms with Crippen LogP contribution < -0.4 is 4.74 Å². The molecule has 0 saturated heterocycles. The van der Waals surface area contributed by atoms with Gasteiger partial charge in [-0.05, 0) is 35.1 Å². The summed E-state index contributed by atoms with van der Waals surface area (Å²) >= 11 is 0. The number of benzene rings is 1. The van der Waals surface area contributed by atoms with E-state index >= 15 is 0 Å². The van der Waals surface area contributed by atoms with Crippen molar-refractivity contribution in [3.8, 4) is 5.75 Å². The Morgan fingerprint density at radius 1 is 1.17 bits per heavy atom. The summed E-state index contributed by atoms with van der Waals surface area (Å²) in [6.07, 6.45) is 6.90. The Morgan fingerprint density at radius 2 is 1.83 bits per heavy atom. The van der Waals surface area contributed by atoms with Gasteiger partial charge in [0.1, 0.15) is 11.5 Å². The van der Waals surface area contributed by atoms with Crippen molar-refractivity contribution in [3.05, 3.63) is 70.0 Å². The van der Waals surface area contributed by atoms with Gasteiger partial charge in [-0.1, -0.05) is 45.9 Å². The second kappa shape index (κ2) is 7.47. The van der Waals surface area contributed by atoms with E-state index < -0.39 is 0 Å². The molecule has 0 saturated carbocycles. The highest BCUT2D eigenvalue weighted by molar-refractivity contribution is 5.36. The molecule has 0 radical (unpaired) electrons. The van der Waals surface area contributed by atoms with Crippen molar-refractivity contribution < 1.29 is 14.5 Å². The molecule has 0 bridgehead atoms. The van der Waals surface area contributed by atoms with Crippen LogP contribution in [-0.4, -0.2) is 12.0 Å². The molecule has 24 heavy (non-hydrogen) atoms. The average Bonchev–Trinajstić information content (AvgIpc) is 2.76. The molecule has 0 N–H and O–H groups in total. The third-order valence-corrected chi connectivity index (χ3v) is 3.99. The van der Waals surface area contributed by atoms with Crippen LogP contribution in [0.25, 0.3) is 0 Å². The fourth-order valence-electron chi connectivity index (χ4n) is 2.52. The predicted octanol–water partition coefficient (Wildman–Crippen LogP) is 5.21. The molecule has 0 heterocycles. The first-order valence-corrected chi connectivity index (χ1v) is 8.25. The Labute approximate surface area is 144 Å². The van der Waals surface area contributed by atoms with E-state index in [1.165, 1.54) is 12.7 Å². The van der Waals surface area contributed by atoms with Crippen LogP contribution in [0.15, 0.2) is 59.5 Å². The zero-order valence-corrected chi connectivity index (χ0v) is 15.1. The molecular weight excluding hydrogens is 302 g/mol. The minimum absolute atomic E-state index is 0.118. The Hall–Kier alpha value is -2.36. The standard InChI is InChI=1S/C20H26NO3/c1-6-15-14-17(21(22)23-5)8-7-9-19(15)24-18-12-10-16(11-13-18)20(2,3)4/h7-8,10-14H,6,9H2,1-5H3/q+1. The van der Waals surface area contributed by atoms with E-state index in [4.69, 9.17) is 9.57 Å². The van der Waals surface area contributed by atoms with Crippen molar-refractivity contribution in [2.75, 3.05) is 7.11 Å². The zero-order valence-electron chi connectivity index (χ0n) is 15.1. The Balaban J connectivity index is 2.27. The lowest BCUT2D eigenvalue weighted by Gasteiger charge is -2.19. The molecule has 1 aromatic carbocycles. The van der Waals surface area contributed by atoms with Crippen molar-refractivity contribution in [1.29, 1.82) is 0 Å². The summed E-state index contributed by atoms with van der Waals surface area (Å²) in [7, 11) is 1.36. The van der Waals surface area contributed by atoms with Gasteiger partial charge in [0.25, 0.3) is 4.92 Å². The van der Waals surface area contributed by atoms with Crippen LogP contribution in [-0.2, 0) is 10.3 Å². The molecule has 0 unspecified atom stereocenters. The monoisotopic (exact) mass is 328 g/mol. The lowest BCUT2D eigenvalue weighted by atomic mass is 9.87. The Kier molecular flexibility index (Phi) is 5.60. The zero-order chi connectivity index (χ0) is 17.7. The third kappa shape index (κ3) is 4.34. The summed E-state index contributed by atoms with van der Waals surface area (Å²) in [5, 5.41) is 0. The largest absolute Gasteiger partial charge is 0.461 e. The smallest absolute Gasteiger partial charge is 0.316 e. The van der Waals surface area contributed by atoms with Gasteiger partial charge in [-0.2, -0.15) is 0 Å². The van der Waals surface area contributed by atoms with Crippen molar-refractivity contribution in [2.45, 2.75) is 46.0 Å². The van der Waals surface area contributed by atoms with Crippen molar-refractivity contribution in [2.24, 2.45) is 0 Å². The maximum Gasteiger partial charge on any atom is 0.316 e. The topological polar surface area (TPSA) is 38.5 Å². The van der Waals surface area contributed by atoms with E-state index in [1.54, 1.807) is 6.08 Å². The van der Waals surface area contributed by atoms with Gasteiger partial charge in [0.2, 0.25) is 0 Å². The maximum absolute atomic E-state index is 11.7. The Bertz CT molecular complexity index is 689. The van der Waals surface area contributed by atoms with Crippen LogP contribution in [0.1, 0.15) is 46.1 Å². The van der Waals surface area contributed by atoms with E-state index in [0.717, 1.165) is 23.5 Å². The summed E-state index contributed by atoms with van der Waals surface area (Å²) in [5.41, 5.74) is 2.85. The van der Waals surface area contributed by atoms with E-state index in [-0.39, 0.29) is 5.41 Å². The molecule has 128 valence electrons. The second-order valence-corrected chi connectivity index (χ2v) is 6.79. The van der Waals surface area contributed by atoms with E-state index in [9.17, 15) is 4.91 Å². The highest BCUT2D eigenvalue weighted by Crippen LogP contribution is 2.28. The predicted molar refractivity (Wildman–Crippen MR) is 95.6 cm³/mol. The van der Waals surface area contributed by atoms with Crippen LogP contribution in [0.2, 0.25) is 0 Å². The van der Waals surface area contributed by atoms with Gasteiger partial charge in [-0.25, -0.2) is 4.84 Å². The molecule has 4 heteroatoms. The van der Waals surface area contributed by atoms with Crippen molar-refractivity contribution >= 4 is 0 Å². The lowest BCUT2D eigenvalue weighted by Crippen LogP contribution is -2.10. The van der Waals surface area contributed by atoms with Gasteiger partial charge in [-0.3, -0.25) is 0 Å². The molecule has 0 fully saturated rings. The van der Waals surface area contributed by atoms with E-state index in [0.29, 0.717) is 17.0 Å². The fourth-order valence-corrected chi connectivity index (χ4v) is 2.52. The van der Waals surface area contributed by atoms with Gasteiger partial charge >= 0.3 is 5.70 Å². The summed E-state index contributed by atoms with van der Waals surface area (Å²) in [6.45, 7) is 8.61. The second-order valence-electron chi connectivity index (χ2n) is 6.79. The molecule has 1 aliphatic rings. The van der Waals surface area contributed by atoms with Crippen LogP contribution in [0.3, 0.4) is 0 Å². The minimum Gasteiger partial charge on any atom is -0.461 e. The molecule has 0 atom stereocenters. The third-order valence-electron chi connectivity index (χ3n) is 3.99. The van der Waals surface area contributed by atoms with Gasteiger partial charge in [0, 0.05) is 18.6 Å². The quantitative estimate of drug-likeness (QED) is 0.696. The number of rotatable bonds is 5. The fraction of sp³-hybridized carbons (Fsp3) is 0.400. The van der Waals surface area contributed by atoms with Crippen LogP contribution in [0.4, 0.5) is 0 Å². The Morgan fingerprint density at radius 3 is 2.38 bits per heavy atom. The van der Waals surface area contributed by atoms with Gasteiger partial charge in [0.05, 0.1) is 4.91 Å². The summed E-state index contributed by atoms with van der Waals surface area (Å²) < 4.78 is 6.09. The number of nitrogens with zero attached hydrogens (tertiary/aromatic N) is 1. The molecular formula is C20H26NO3+. The van der Waals surface area contributed by atoms with Crippen LogP contribution in [0.5, 0.6) is 5.75 Å². The van der Waals surface area contributed by atoms with E-state index in [1.807, 2.05) is 31.2 Å². The molecule has 1 aromatic rings. The molecule has 0 amide bonds. The molecule has 0 spiro atoms. The number of allylic oxidation sites excluding steroid dienone is 4. The number of hydrogen-bond donors (Lipinski definition) is 0. The summed E-state index contributed by atoms with van der Waals surface area (Å²) in [5.74, 6) is 1.66. The molecule has 0 aliphatic heterocycles. The van der Waals surface area contributed by atoms with Crippen molar-refractivity contribution in [1.82, 2.24) is 0 Å². The normalized spacial score (nSPS) is 15.0. The van der Waals surface area contributed by atoms with Crippen molar-refractivity contribution in [3.63, 3.8) is 0 Å². The molecule has 2 rings (SSSR count). The van der Waals surface area contributed by atoms with Crippen LogP contribution in [0, 0.1) is 4.91 Å². The van der Waals surface area contributed by atoms with Gasteiger partial charge < -0.3 is 4.74 Å². The average molecular weight is 328 g/mol. The maximum atomic E-state index is 11.7. The summed E-state index contributed by atoms with van der Waals surface area (Å²) in [4.78, 5) is 16.9. The highest BCUT2D eigenvalue weighted by atomic mass is 16.8. The molecule has 4 nitrogen and oxygen atoms in total. The lowest BCUT2D eigenvalue weighted by molar-refractivity contribution is -0.758. The first-order valence-electron chi connectivity index (χ1n) is 8.25. The minimum atomic E-state index is 0.118.